The van der Waals surface area contributed by atoms with Crippen molar-refractivity contribution in [1.82, 2.24) is 31.9 Å². The Morgan fingerprint density at radius 3 is 1.22 bits per heavy atom. The second kappa shape index (κ2) is 26.1. The molecule has 0 aromatic heterocycles. The van der Waals surface area contributed by atoms with E-state index in [0.717, 1.165) is 51.4 Å². The molecule has 0 amide bonds. The maximum atomic E-state index is 7.92. The van der Waals surface area contributed by atoms with E-state index in [-0.39, 0.29) is 60.7 Å². The van der Waals surface area contributed by atoms with E-state index < -0.39 is 0 Å². The molecule has 10 N–H and O–H groups in total. The number of rotatable bonds is 17. The van der Waals surface area contributed by atoms with Gasteiger partial charge in [-0.25, -0.2) is 0 Å². The van der Waals surface area contributed by atoms with Crippen molar-refractivity contribution in [1.29, 1.82) is 21.6 Å². The van der Waals surface area contributed by atoms with Crippen LogP contribution in [-0.4, -0.2) is 49.0 Å². The summed E-state index contributed by atoms with van der Waals surface area (Å²) >= 11 is 0. The Bertz CT molecular complexity index is 539. The molecule has 2 unspecified atom stereocenters. The minimum absolute atomic E-state index is 0. The molecule has 2 atom stereocenters. The summed E-state index contributed by atoms with van der Waals surface area (Å²) in [5, 5.41) is 49.3. The summed E-state index contributed by atoms with van der Waals surface area (Å²) in [6.45, 7) is 9.86. The predicted molar refractivity (Wildman–Crippen MR) is 160 cm³/mol. The molecule has 0 fully saturated rings. The van der Waals surface area contributed by atoms with Gasteiger partial charge in [0.2, 0.25) is 0 Å². The Balaban J connectivity index is -0.00000544. The number of halogens is 2. The van der Waals surface area contributed by atoms with Crippen molar-refractivity contribution in [3.8, 4) is 0 Å². The van der Waals surface area contributed by atoms with Crippen LogP contribution in [0.1, 0.15) is 105 Å². The summed E-state index contributed by atoms with van der Waals surface area (Å²) in [5.74, 6) is 0.626. The largest absolute Gasteiger partial charge is 0.356 e. The topological polar surface area (TPSA) is 168 Å². The zero-order valence-corrected chi connectivity index (χ0v) is 24.5. The summed E-state index contributed by atoms with van der Waals surface area (Å²) < 4.78 is 0. The third-order valence-corrected chi connectivity index (χ3v) is 5.47. The van der Waals surface area contributed by atoms with Crippen LogP contribution < -0.4 is 31.9 Å². The Morgan fingerprint density at radius 2 is 0.889 bits per heavy atom. The summed E-state index contributed by atoms with van der Waals surface area (Å²) in [5.41, 5.74) is 0. The second-order valence-electron chi connectivity index (χ2n) is 9.10. The van der Waals surface area contributed by atoms with Gasteiger partial charge in [-0.2, -0.15) is 0 Å². The van der Waals surface area contributed by atoms with Crippen molar-refractivity contribution >= 4 is 48.7 Å². The van der Waals surface area contributed by atoms with Crippen molar-refractivity contribution < 1.29 is 0 Å². The maximum absolute atomic E-state index is 7.92. The Labute approximate surface area is 231 Å². The molecule has 0 saturated heterocycles. The first kappa shape index (κ1) is 38.6. The van der Waals surface area contributed by atoms with E-state index >= 15 is 0 Å². The van der Waals surface area contributed by atoms with E-state index in [9.17, 15) is 0 Å². The third-order valence-electron chi connectivity index (χ3n) is 5.47. The highest BCUT2D eigenvalue weighted by Crippen LogP contribution is 2.03. The standard InChI is InChI=1S/C24H52N10.2ClH/c1-5-7-11-15-19(3)31-23(27)33-21(25)29-17-13-9-10-14-18-30-22(26)34-24(28)32-20(4)16-12-8-6-2;;/h19-20H,5-18H2,1-4H3,(H5,25,27,29,31,33)(H5,26,28,30,32,34);2*1H. The minimum Gasteiger partial charge on any atom is -0.356 e. The van der Waals surface area contributed by atoms with Gasteiger partial charge in [0.1, 0.15) is 0 Å². The third kappa shape index (κ3) is 25.2. The van der Waals surface area contributed by atoms with Crippen LogP contribution in [0.5, 0.6) is 0 Å². The summed E-state index contributed by atoms with van der Waals surface area (Å²) in [7, 11) is 0. The Hall–Kier alpha value is -1.94. The molecule has 0 aliphatic rings. The lowest BCUT2D eigenvalue weighted by atomic mass is 10.1. The average Bonchev–Trinajstić information content (AvgIpc) is 2.75. The molecule has 0 aromatic carbocycles. The molecule has 36 heavy (non-hydrogen) atoms. The van der Waals surface area contributed by atoms with E-state index in [2.05, 4.69) is 59.6 Å². The highest BCUT2D eigenvalue weighted by Gasteiger charge is 2.06. The molecule has 214 valence electrons. The van der Waals surface area contributed by atoms with Gasteiger partial charge in [-0.1, -0.05) is 65.2 Å². The Kier molecular flexibility index (Phi) is 28.0. The number of hydrogen-bond acceptors (Lipinski definition) is 4. The van der Waals surface area contributed by atoms with Gasteiger partial charge in [0, 0.05) is 25.2 Å². The summed E-state index contributed by atoms with van der Waals surface area (Å²) in [6.07, 6.45) is 13.1. The first-order valence-electron chi connectivity index (χ1n) is 13.2. The van der Waals surface area contributed by atoms with Crippen LogP contribution in [0.15, 0.2) is 0 Å². The summed E-state index contributed by atoms with van der Waals surface area (Å²) in [4.78, 5) is 0. The van der Waals surface area contributed by atoms with Gasteiger partial charge in [-0.05, 0) is 39.5 Å². The lowest BCUT2D eigenvalue weighted by Gasteiger charge is -2.17. The van der Waals surface area contributed by atoms with Gasteiger partial charge in [0.15, 0.2) is 23.8 Å². The van der Waals surface area contributed by atoms with Crippen LogP contribution >= 0.6 is 24.8 Å². The summed E-state index contributed by atoms with van der Waals surface area (Å²) in [6, 6.07) is 0.455. The lowest BCUT2D eigenvalue weighted by molar-refractivity contribution is 0.549. The monoisotopic (exact) mass is 552 g/mol. The zero-order chi connectivity index (χ0) is 25.6. The molecule has 0 aliphatic carbocycles. The van der Waals surface area contributed by atoms with E-state index in [1.165, 1.54) is 25.7 Å². The van der Waals surface area contributed by atoms with Crippen molar-refractivity contribution in [2.45, 2.75) is 117 Å². The van der Waals surface area contributed by atoms with E-state index in [1.807, 2.05) is 0 Å². The van der Waals surface area contributed by atoms with Crippen LogP contribution in [0.3, 0.4) is 0 Å². The molecule has 0 saturated carbocycles. The van der Waals surface area contributed by atoms with Gasteiger partial charge < -0.3 is 21.3 Å². The molecule has 0 rings (SSSR count). The number of nitrogens with one attached hydrogen (secondary N) is 10. The fourth-order valence-electron chi connectivity index (χ4n) is 3.48. The van der Waals surface area contributed by atoms with E-state index in [1.54, 1.807) is 0 Å². The lowest BCUT2D eigenvalue weighted by Crippen LogP contribution is -2.48. The normalized spacial score (nSPS) is 11.6. The molecule has 0 aliphatic heterocycles. The van der Waals surface area contributed by atoms with Crippen LogP contribution in [0.4, 0.5) is 0 Å². The van der Waals surface area contributed by atoms with Crippen LogP contribution in [0.25, 0.3) is 0 Å². The maximum Gasteiger partial charge on any atom is 0.195 e. The fraction of sp³-hybridized carbons (Fsp3) is 0.833. The molecule has 10 nitrogen and oxygen atoms in total. The van der Waals surface area contributed by atoms with Crippen molar-refractivity contribution in [2.24, 2.45) is 0 Å². The molecule has 0 heterocycles. The Morgan fingerprint density at radius 1 is 0.528 bits per heavy atom. The SMILES string of the molecule is CCCCCC(C)NC(=N)NC(=N)NCCCCCCNC(=N)NC(=N)NC(C)CCCCC.Cl.Cl. The van der Waals surface area contributed by atoms with Gasteiger partial charge >= 0.3 is 0 Å². The van der Waals surface area contributed by atoms with Crippen LogP contribution in [-0.2, 0) is 0 Å². The van der Waals surface area contributed by atoms with Crippen LogP contribution in [0, 0.1) is 21.6 Å². The smallest absolute Gasteiger partial charge is 0.195 e. The van der Waals surface area contributed by atoms with Gasteiger partial charge in [0.25, 0.3) is 0 Å². The molecule has 0 radical (unpaired) electrons. The minimum atomic E-state index is 0. The van der Waals surface area contributed by atoms with E-state index in [4.69, 9.17) is 21.6 Å². The molecule has 12 heteroatoms. The van der Waals surface area contributed by atoms with Crippen LogP contribution in [0.2, 0.25) is 0 Å². The highest BCUT2D eigenvalue weighted by atomic mass is 35.5. The highest BCUT2D eigenvalue weighted by molar-refractivity contribution is 5.96. The fourth-order valence-corrected chi connectivity index (χ4v) is 3.48. The molecular formula is C24H54Cl2N10. The molecule has 0 spiro atoms. The quantitative estimate of drug-likeness (QED) is 0.0717. The molecule has 0 aromatic rings. The van der Waals surface area contributed by atoms with Gasteiger partial charge in [-0.3, -0.25) is 32.3 Å². The van der Waals surface area contributed by atoms with E-state index in [0.29, 0.717) is 13.1 Å². The first-order valence-corrected chi connectivity index (χ1v) is 13.2. The van der Waals surface area contributed by atoms with Crippen molar-refractivity contribution in [2.75, 3.05) is 13.1 Å². The average molecular weight is 554 g/mol. The second-order valence-corrected chi connectivity index (χ2v) is 9.10. The number of hydrogen-bond donors (Lipinski definition) is 10. The zero-order valence-electron chi connectivity index (χ0n) is 22.9. The predicted octanol–water partition coefficient (Wildman–Crippen LogP) is 4.60. The number of unbranched alkanes of at least 4 members (excludes halogenated alkanes) is 7. The molecular weight excluding hydrogens is 499 g/mol. The van der Waals surface area contributed by atoms with Gasteiger partial charge in [0.05, 0.1) is 0 Å². The van der Waals surface area contributed by atoms with Crippen molar-refractivity contribution in [3.05, 3.63) is 0 Å². The van der Waals surface area contributed by atoms with Gasteiger partial charge in [-0.15, -0.1) is 24.8 Å². The first-order chi connectivity index (χ1) is 16.3. The molecule has 0 bridgehead atoms. The number of guanidine groups is 4. The van der Waals surface area contributed by atoms with Crippen molar-refractivity contribution in [3.63, 3.8) is 0 Å².